The smallest absolute Gasteiger partial charge is 0.251 e. The maximum atomic E-state index is 11.9. The molecule has 0 aliphatic rings. The van der Waals surface area contributed by atoms with E-state index >= 15 is 0 Å². The van der Waals surface area contributed by atoms with Gasteiger partial charge in [0, 0.05) is 36.3 Å². The van der Waals surface area contributed by atoms with Crippen molar-refractivity contribution in [3.05, 3.63) is 65.5 Å². The number of nitrogens with zero attached hydrogens (tertiary/aromatic N) is 1. The molecule has 0 spiro atoms. The molecule has 0 aliphatic carbocycles. The molecule has 4 heteroatoms. The quantitative estimate of drug-likeness (QED) is 0.852. The van der Waals surface area contributed by atoms with Gasteiger partial charge in [-0.1, -0.05) is 18.2 Å². The van der Waals surface area contributed by atoms with Crippen molar-refractivity contribution in [3.63, 3.8) is 0 Å². The first kappa shape index (κ1) is 13.6. The van der Waals surface area contributed by atoms with Gasteiger partial charge in [-0.25, -0.2) is 0 Å². The first-order valence-electron chi connectivity index (χ1n) is 6.12. The molecule has 1 aromatic carbocycles. The Kier molecular flexibility index (Phi) is 4.93. The minimum absolute atomic E-state index is 0.0807. The summed E-state index contributed by atoms with van der Waals surface area (Å²) in [5.41, 5.74) is 2.55. The molecule has 0 atom stereocenters. The first-order valence-corrected chi connectivity index (χ1v) is 6.66. The molecule has 19 heavy (non-hydrogen) atoms. The van der Waals surface area contributed by atoms with Crippen LogP contribution in [0.5, 0.6) is 0 Å². The molecular weight excluding hydrogens is 260 g/mol. The molecule has 2 aromatic rings. The number of aromatic nitrogens is 1. The zero-order chi connectivity index (χ0) is 13.5. The number of amides is 1. The minimum Gasteiger partial charge on any atom is -0.352 e. The predicted molar refractivity (Wildman–Crippen MR) is 76.3 cm³/mol. The highest BCUT2D eigenvalue weighted by molar-refractivity contribution is 6.17. The van der Waals surface area contributed by atoms with Gasteiger partial charge < -0.3 is 5.32 Å². The lowest BCUT2D eigenvalue weighted by atomic mass is 10.1. The molecular formula is C15H15ClN2O. The van der Waals surface area contributed by atoms with Crippen LogP contribution in [0, 0.1) is 0 Å². The van der Waals surface area contributed by atoms with Crippen LogP contribution in [0.4, 0.5) is 0 Å². The second-order valence-corrected chi connectivity index (χ2v) is 4.43. The summed E-state index contributed by atoms with van der Waals surface area (Å²) in [5, 5.41) is 2.88. The van der Waals surface area contributed by atoms with Crippen LogP contribution in [0.15, 0.2) is 48.7 Å². The maximum Gasteiger partial charge on any atom is 0.251 e. The van der Waals surface area contributed by atoms with Crippen LogP contribution in [0.2, 0.25) is 0 Å². The number of pyridine rings is 1. The zero-order valence-corrected chi connectivity index (χ0v) is 11.2. The van der Waals surface area contributed by atoms with Gasteiger partial charge in [0.05, 0.1) is 0 Å². The molecule has 2 rings (SSSR count). The Bertz CT molecular complexity index is 543. The van der Waals surface area contributed by atoms with Crippen LogP contribution in [-0.2, 0) is 12.3 Å². The summed E-state index contributed by atoms with van der Waals surface area (Å²) in [4.78, 5) is 16.1. The fourth-order valence-electron chi connectivity index (χ4n) is 1.75. The third-order valence-corrected chi connectivity index (χ3v) is 3.04. The van der Waals surface area contributed by atoms with E-state index in [4.69, 9.17) is 11.6 Å². The molecule has 1 amide bonds. The fourth-order valence-corrected chi connectivity index (χ4v) is 1.91. The number of rotatable bonds is 5. The molecule has 98 valence electrons. The molecule has 0 saturated carbocycles. The van der Waals surface area contributed by atoms with Crippen molar-refractivity contribution in [2.45, 2.75) is 12.3 Å². The summed E-state index contributed by atoms with van der Waals surface area (Å²) in [6, 6.07) is 13.1. The van der Waals surface area contributed by atoms with E-state index < -0.39 is 0 Å². The molecule has 3 nitrogen and oxygen atoms in total. The van der Waals surface area contributed by atoms with Crippen LogP contribution in [0.3, 0.4) is 0 Å². The predicted octanol–water partition coefficient (Wildman–Crippen LogP) is 2.79. The number of carbonyl (C=O) groups is 1. The van der Waals surface area contributed by atoms with E-state index in [1.807, 2.05) is 36.4 Å². The SMILES string of the molecule is O=C(NCCc1ccccn1)c1cccc(CCl)c1. The fraction of sp³-hybridized carbons (Fsp3) is 0.200. The molecule has 0 saturated heterocycles. The summed E-state index contributed by atoms with van der Waals surface area (Å²) in [5.74, 6) is 0.331. The Morgan fingerprint density at radius 3 is 2.84 bits per heavy atom. The van der Waals surface area contributed by atoms with Crippen molar-refractivity contribution < 1.29 is 4.79 Å². The Hall–Kier alpha value is -1.87. The van der Waals surface area contributed by atoms with Gasteiger partial charge in [0.15, 0.2) is 0 Å². The van der Waals surface area contributed by atoms with Gasteiger partial charge in [0.2, 0.25) is 0 Å². The van der Waals surface area contributed by atoms with E-state index in [1.54, 1.807) is 12.3 Å². The Balaban J connectivity index is 1.87. The lowest BCUT2D eigenvalue weighted by molar-refractivity contribution is 0.0954. The Morgan fingerprint density at radius 2 is 2.11 bits per heavy atom. The van der Waals surface area contributed by atoms with Gasteiger partial charge in [0.1, 0.15) is 0 Å². The summed E-state index contributed by atoms with van der Waals surface area (Å²) in [6.07, 6.45) is 2.48. The number of halogens is 1. The highest BCUT2D eigenvalue weighted by Gasteiger charge is 2.05. The molecule has 0 fully saturated rings. The monoisotopic (exact) mass is 274 g/mol. The van der Waals surface area contributed by atoms with Crippen LogP contribution in [0.25, 0.3) is 0 Å². The van der Waals surface area contributed by atoms with E-state index in [9.17, 15) is 4.79 Å². The van der Waals surface area contributed by atoms with Gasteiger partial charge in [-0.05, 0) is 29.8 Å². The second-order valence-electron chi connectivity index (χ2n) is 4.16. The molecule has 1 aromatic heterocycles. The van der Waals surface area contributed by atoms with E-state index in [-0.39, 0.29) is 5.91 Å². The van der Waals surface area contributed by atoms with Crippen molar-refractivity contribution in [2.75, 3.05) is 6.54 Å². The van der Waals surface area contributed by atoms with Crippen LogP contribution in [0.1, 0.15) is 21.6 Å². The van der Waals surface area contributed by atoms with Crippen molar-refractivity contribution in [3.8, 4) is 0 Å². The van der Waals surface area contributed by atoms with Crippen LogP contribution < -0.4 is 5.32 Å². The summed E-state index contributed by atoms with van der Waals surface area (Å²) < 4.78 is 0. The lowest BCUT2D eigenvalue weighted by Crippen LogP contribution is -2.25. The zero-order valence-electron chi connectivity index (χ0n) is 10.5. The van der Waals surface area contributed by atoms with Crippen molar-refractivity contribution in [1.82, 2.24) is 10.3 Å². The van der Waals surface area contributed by atoms with Crippen molar-refractivity contribution in [1.29, 1.82) is 0 Å². The van der Waals surface area contributed by atoms with Gasteiger partial charge in [-0.3, -0.25) is 9.78 Å². The lowest BCUT2D eigenvalue weighted by Gasteiger charge is -2.06. The highest BCUT2D eigenvalue weighted by Crippen LogP contribution is 2.07. The van der Waals surface area contributed by atoms with Crippen molar-refractivity contribution in [2.24, 2.45) is 0 Å². The number of alkyl halides is 1. The van der Waals surface area contributed by atoms with Gasteiger partial charge in [-0.15, -0.1) is 11.6 Å². The number of nitrogens with one attached hydrogen (secondary N) is 1. The molecule has 0 bridgehead atoms. The van der Waals surface area contributed by atoms with E-state index in [2.05, 4.69) is 10.3 Å². The van der Waals surface area contributed by atoms with Gasteiger partial charge in [0.25, 0.3) is 5.91 Å². The Labute approximate surface area is 117 Å². The topological polar surface area (TPSA) is 42.0 Å². The molecule has 1 heterocycles. The number of hydrogen-bond acceptors (Lipinski definition) is 2. The molecule has 0 radical (unpaired) electrons. The maximum absolute atomic E-state index is 11.9. The number of hydrogen-bond donors (Lipinski definition) is 1. The largest absolute Gasteiger partial charge is 0.352 e. The van der Waals surface area contributed by atoms with Gasteiger partial charge >= 0.3 is 0 Å². The second kappa shape index (κ2) is 6.90. The van der Waals surface area contributed by atoms with E-state index in [0.29, 0.717) is 18.0 Å². The van der Waals surface area contributed by atoms with E-state index in [1.165, 1.54) is 0 Å². The summed E-state index contributed by atoms with van der Waals surface area (Å²) in [7, 11) is 0. The number of carbonyl (C=O) groups excluding carboxylic acids is 1. The van der Waals surface area contributed by atoms with Crippen molar-refractivity contribution >= 4 is 17.5 Å². The van der Waals surface area contributed by atoms with Crippen LogP contribution in [-0.4, -0.2) is 17.4 Å². The average molecular weight is 275 g/mol. The minimum atomic E-state index is -0.0807. The normalized spacial score (nSPS) is 10.2. The third-order valence-electron chi connectivity index (χ3n) is 2.74. The van der Waals surface area contributed by atoms with Crippen LogP contribution >= 0.6 is 11.6 Å². The van der Waals surface area contributed by atoms with E-state index in [0.717, 1.165) is 17.7 Å². The standard InChI is InChI=1S/C15H15ClN2O/c16-11-12-4-3-5-13(10-12)15(19)18-9-7-14-6-1-2-8-17-14/h1-6,8,10H,7,9,11H2,(H,18,19). The highest BCUT2D eigenvalue weighted by atomic mass is 35.5. The Morgan fingerprint density at radius 1 is 1.21 bits per heavy atom. The summed E-state index contributed by atoms with van der Waals surface area (Å²) in [6.45, 7) is 0.570. The van der Waals surface area contributed by atoms with Gasteiger partial charge in [-0.2, -0.15) is 0 Å². The molecule has 0 aliphatic heterocycles. The summed E-state index contributed by atoms with van der Waals surface area (Å²) >= 11 is 5.75. The number of benzene rings is 1. The third kappa shape index (κ3) is 4.07. The molecule has 0 unspecified atom stereocenters. The first-order chi connectivity index (χ1) is 9.29. The molecule has 1 N–H and O–H groups in total. The average Bonchev–Trinajstić information content (AvgIpc) is 2.48.